The van der Waals surface area contributed by atoms with E-state index in [9.17, 15) is 19.5 Å². The summed E-state index contributed by atoms with van der Waals surface area (Å²) in [5, 5.41) is 12.1. The normalized spacial score (nSPS) is 12.2. The Hall–Kier alpha value is -3.09. The van der Waals surface area contributed by atoms with Gasteiger partial charge in [-0.25, -0.2) is 4.68 Å². The summed E-state index contributed by atoms with van der Waals surface area (Å²) in [4.78, 5) is 36.4. The zero-order valence-corrected chi connectivity index (χ0v) is 23.6. The molecule has 1 atom stereocenters. The van der Waals surface area contributed by atoms with Gasteiger partial charge in [0.2, 0.25) is 5.91 Å². The van der Waals surface area contributed by atoms with Gasteiger partial charge in [0.25, 0.3) is 5.56 Å². The zero-order valence-electron chi connectivity index (χ0n) is 23.6. The molecular weight excluding hydrogens is 478 g/mol. The van der Waals surface area contributed by atoms with E-state index in [0.717, 1.165) is 18.5 Å². The summed E-state index contributed by atoms with van der Waals surface area (Å²) >= 11 is 0. The second kappa shape index (κ2) is 17.4. The van der Waals surface area contributed by atoms with Gasteiger partial charge in [-0.2, -0.15) is 0 Å². The molecule has 0 aliphatic rings. The van der Waals surface area contributed by atoms with Crippen molar-refractivity contribution in [3.63, 3.8) is 0 Å². The number of benzene rings is 1. The van der Waals surface area contributed by atoms with Gasteiger partial charge in [0.15, 0.2) is 0 Å². The maximum atomic E-state index is 12.8. The number of anilines is 1. The molecule has 0 fully saturated rings. The fraction of sp³-hybridized carbons (Fsp3) is 0.581. The Morgan fingerprint density at radius 3 is 2.03 bits per heavy atom. The number of aliphatic carboxylic acids is 1. The van der Waals surface area contributed by atoms with Crippen LogP contribution in [0.5, 0.6) is 0 Å². The van der Waals surface area contributed by atoms with Crippen LogP contribution in [-0.4, -0.2) is 26.3 Å². The number of rotatable bonds is 19. The first kappa shape index (κ1) is 31.1. The number of carboxylic acid groups (broad SMARTS) is 1. The summed E-state index contributed by atoms with van der Waals surface area (Å²) in [6, 6.07) is 8.54. The molecule has 1 aromatic carbocycles. The van der Waals surface area contributed by atoms with E-state index in [1.807, 2.05) is 20.0 Å². The Morgan fingerprint density at radius 2 is 1.50 bits per heavy atom. The predicted octanol–water partition coefficient (Wildman–Crippen LogP) is 7.16. The van der Waals surface area contributed by atoms with Crippen LogP contribution < -0.4 is 10.9 Å². The first-order valence-corrected chi connectivity index (χ1v) is 14.4. The summed E-state index contributed by atoms with van der Waals surface area (Å²) in [6.07, 6.45) is 19.5. The number of unbranched alkanes of at least 4 members (excludes halogenated alkanes) is 11. The molecule has 0 aliphatic carbocycles. The van der Waals surface area contributed by atoms with E-state index in [-0.39, 0.29) is 17.9 Å². The number of hydrogen-bond acceptors (Lipinski definition) is 3. The Labute approximate surface area is 227 Å². The number of carbonyl (C=O) groups excluding carboxylic acids is 1. The molecule has 0 spiro atoms. The molecule has 0 bridgehead atoms. The van der Waals surface area contributed by atoms with Crippen molar-refractivity contribution in [3.05, 3.63) is 58.5 Å². The molecular formula is C31H47N3O4. The van der Waals surface area contributed by atoms with Crippen LogP contribution in [0, 0.1) is 12.8 Å². The molecule has 1 aromatic heterocycles. The minimum Gasteiger partial charge on any atom is -0.481 e. The lowest BCUT2D eigenvalue weighted by atomic mass is 9.99. The Balaban J connectivity index is 1.73. The van der Waals surface area contributed by atoms with Crippen LogP contribution in [-0.2, 0) is 16.6 Å². The first-order valence-electron chi connectivity index (χ1n) is 14.4. The fourth-order valence-electron chi connectivity index (χ4n) is 4.67. The predicted molar refractivity (Wildman–Crippen MR) is 155 cm³/mol. The second-order valence-electron chi connectivity index (χ2n) is 10.3. The van der Waals surface area contributed by atoms with Crippen LogP contribution in [0.3, 0.4) is 0 Å². The molecule has 2 N–H and O–H groups in total. The SMILES string of the molecule is CCCCCCCCCCCCC/C=C\C[C@@H](CC(=O)O)C(=O)Nc1ccc(-n2c(=O)cc(C)n2C)cc1. The number of aryl methyl sites for hydroxylation is 1. The molecule has 2 aromatic rings. The third-order valence-electron chi connectivity index (χ3n) is 7.08. The third-order valence-corrected chi connectivity index (χ3v) is 7.08. The molecule has 1 amide bonds. The number of carbonyl (C=O) groups is 2. The summed E-state index contributed by atoms with van der Waals surface area (Å²) in [6.45, 7) is 4.11. The van der Waals surface area contributed by atoms with E-state index in [1.165, 1.54) is 64.2 Å². The standard InChI is InChI=1S/C31H47N3O4/c1-4-5-6-7-8-9-10-11-12-13-14-15-16-17-18-26(24-30(36)37)31(38)32-27-19-21-28(22-20-27)34-29(35)23-25(2)33(34)3/h16-17,19-23,26H,4-15,18,24H2,1-3H3,(H,32,38)(H,36,37)/b17-16-/t26-/m0/s1. The van der Waals surface area contributed by atoms with Gasteiger partial charge in [0.1, 0.15) is 0 Å². The summed E-state index contributed by atoms with van der Waals surface area (Å²) < 4.78 is 3.32. The molecule has 1 heterocycles. The molecule has 0 aliphatic heterocycles. The van der Waals surface area contributed by atoms with Gasteiger partial charge in [-0.15, -0.1) is 0 Å². The van der Waals surface area contributed by atoms with Crippen LogP contribution in [0.1, 0.15) is 103 Å². The number of nitrogens with zero attached hydrogens (tertiary/aromatic N) is 2. The van der Waals surface area contributed by atoms with Gasteiger partial charge < -0.3 is 10.4 Å². The van der Waals surface area contributed by atoms with Gasteiger partial charge in [0.05, 0.1) is 18.0 Å². The average molecular weight is 526 g/mol. The molecule has 0 radical (unpaired) electrons. The number of nitrogens with one attached hydrogen (secondary N) is 1. The lowest BCUT2D eigenvalue weighted by Gasteiger charge is -2.14. The Kier molecular flexibility index (Phi) is 14.3. The van der Waals surface area contributed by atoms with Crippen LogP contribution in [0.2, 0.25) is 0 Å². The zero-order chi connectivity index (χ0) is 27.8. The smallest absolute Gasteiger partial charge is 0.304 e. The van der Waals surface area contributed by atoms with Crippen molar-refractivity contribution in [2.45, 2.75) is 104 Å². The number of hydrogen-bond donors (Lipinski definition) is 2. The summed E-state index contributed by atoms with van der Waals surface area (Å²) in [7, 11) is 1.81. The van der Waals surface area contributed by atoms with Crippen molar-refractivity contribution < 1.29 is 14.7 Å². The van der Waals surface area contributed by atoms with Gasteiger partial charge >= 0.3 is 5.97 Å². The van der Waals surface area contributed by atoms with Crippen LogP contribution in [0.15, 0.2) is 47.3 Å². The van der Waals surface area contributed by atoms with Crippen LogP contribution in [0.25, 0.3) is 5.69 Å². The minimum atomic E-state index is -0.988. The largest absolute Gasteiger partial charge is 0.481 e. The van der Waals surface area contributed by atoms with Crippen molar-refractivity contribution in [3.8, 4) is 5.69 Å². The molecule has 38 heavy (non-hydrogen) atoms. The third kappa shape index (κ3) is 11.1. The van der Waals surface area contributed by atoms with Gasteiger partial charge in [-0.05, 0) is 50.5 Å². The van der Waals surface area contributed by atoms with Crippen molar-refractivity contribution in [2.24, 2.45) is 13.0 Å². The quantitative estimate of drug-likeness (QED) is 0.150. The average Bonchev–Trinajstić information content (AvgIpc) is 3.14. The monoisotopic (exact) mass is 525 g/mol. The molecule has 210 valence electrons. The highest BCUT2D eigenvalue weighted by Crippen LogP contribution is 2.18. The molecule has 2 rings (SSSR count). The Morgan fingerprint density at radius 1 is 0.921 bits per heavy atom. The first-order chi connectivity index (χ1) is 18.3. The number of amides is 1. The molecule has 0 saturated carbocycles. The molecule has 7 nitrogen and oxygen atoms in total. The van der Waals surface area contributed by atoms with E-state index in [1.54, 1.807) is 39.7 Å². The van der Waals surface area contributed by atoms with Gasteiger partial charge in [0, 0.05) is 24.5 Å². The highest BCUT2D eigenvalue weighted by Gasteiger charge is 2.20. The number of carboxylic acids is 1. The van der Waals surface area contributed by atoms with Crippen LogP contribution >= 0.6 is 0 Å². The topological polar surface area (TPSA) is 93.3 Å². The lowest BCUT2D eigenvalue weighted by molar-refractivity contribution is -0.140. The molecule has 0 unspecified atom stereocenters. The van der Waals surface area contributed by atoms with E-state index in [4.69, 9.17) is 0 Å². The van der Waals surface area contributed by atoms with Crippen LogP contribution in [0.4, 0.5) is 5.69 Å². The van der Waals surface area contributed by atoms with Gasteiger partial charge in [-0.1, -0.05) is 83.3 Å². The molecule has 7 heteroatoms. The minimum absolute atomic E-state index is 0.122. The lowest BCUT2D eigenvalue weighted by Crippen LogP contribution is -2.25. The Bertz CT molecular complexity index is 1070. The fourth-order valence-corrected chi connectivity index (χ4v) is 4.67. The number of aromatic nitrogens is 2. The van der Waals surface area contributed by atoms with Crippen molar-refractivity contribution >= 4 is 17.6 Å². The van der Waals surface area contributed by atoms with Gasteiger partial charge in [-0.3, -0.25) is 19.1 Å². The van der Waals surface area contributed by atoms with Crippen molar-refractivity contribution in [1.29, 1.82) is 0 Å². The maximum Gasteiger partial charge on any atom is 0.304 e. The highest BCUT2D eigenvalue weighted by molar-refractivity contribution is 5.94. The number of allylic oxidation sites excluding steroid dienone is 2. The van der Waals surface area contributed by atoms with E-state index < -0.39 is 11.9 Å². The summed E-state index contributed by atoms with van der Waals surface area (Å²) in [5.41, 5.74) is 1.98. The second-order valence-corrected chi connectivity index (χ2v) is 10.3. The van der Waals surface area contributed by atoms with E-state index >= 15 is 0 Å². The van der Waals surface area contributed by atoms with Crippen molar-refractivity contribution in [1.82, 2.24) is 9.36 Å². The summed E-state index contributed by atoms with van der Waals surface area (Å²) in [5.74, 6) is -1.94. The van der Waals surface area contributed by atoms with E-state index in [0.29, 0.717) is 17.8 Å². The van der Waals surface area contributed by atoms with Crippen molar-refractivity contribution in [2.75, 3.05) is 5.32 Å². The molecule has 0 saturated heterocycles. The van der Waals surface area contributed by atoms with E-state index in [2.05, 4.69) is 18.3 Å². The highest BCUT2D eigenvalue weighted by atomic mass is 16.4. The maximum absolute atomic E-state index is 12.8.